The van der Waals surface area contributed by atoms with Crippen molar-refractivity contribution >= 4 is 0 Å². The normalized spacial score (nSPS) is 10.6. The number of aromatic nitrogens is 2. The van der Waals surface area contributed by atoms with Gasteiger partial charge in [0.25, 0.3) is 0 Å². The van der Waals surface area contributed by atoms with Crippen LogP contribution < -0.4 is 5.32 Å². The molecule has 2 aromatic heterocycles. The van der Waals surface area contributed by atoms with Gasteiger partial charge in [-0.3, -0.25) is 15.3 Å². The molecule has 0 bridgehead atoms. The van der Waals surface area contributed by atoms with Crippen molar-refractivity contribution < 1.29 is 5.11 Å². The number of aliphatic hydroxyl groups is 1. The maximum atomic E-state index is 10.5. The number of rotatable bonds is 3. The van der Waals surface area contributed by atoms with Crippen molar-refractivity contribution in [3.05, 3.63) is 60.2 Å². The fourth-order valence-corrected chi connectivity index (χ4v) is 1.49. The summed E-state index contributed by atoms with van der Waals surface area (Å²) in [6.07, 6.45) is 4.81. The molecule has 2 N–H and O–H groups in total. The van der Waals surface area contributed by atoms with Gasteiger partial charge < -0.3 is 5.11 Å². The molecule has 0 atom stereocenters. The first kappa shape index (κ1) is 11.0. The minimum Gasteiger partial charge on any atom is -0.360 e. The molecule has 0 saturated carbocycles. The zero-order valence-corrected chi connectivity index (χ0v) is 8.91. The Bertz CT molecular complexity index is 482. The largest absolute Gasteiger partial charge is 0.360 e. The summed E-state index contributed by atoms with van der Waals surface area (Å²) in [6.45, 7) is 0. The van der Waals surface area contributed by atoms with Crippen LogP contribution in [0.1, 0.15) is 11.4 Å². The molecule has 5 nitrogen and oxygen atoms in total. The van der Waals surface area contributed by atoms with Crippen molar-refractivity contribution in [2.24, 2.45) is 0 Å². The van der Waals surface area contributed by atoms with Crippen molar-refractivity contribution in [1.29, 1.82) is 5.26 Å². The van der Waals surface area contributed by atoms with Crippen molar-refractivity contribution in [2.75, 3.05) is 0 Å². The highest BCUT2D eigenvalue weighted by Crippen LogP contribution is 2.22. The molecule has 0 spiro atoms. The fraction of sp³-hybridized carbons (Fsp3) is 0.0833. The Labute approximate surface area is 98.4 Å². The highest BCUT2D eigenvalue weighted by atomic mass is 16.3. The topological polar surface area (TPSA) is 81.8 Å². The average molecular weight is 226 g/mol. The second-order valence-electron chi connectivity index (χ2n) is 3.38. The van der Waals surface area contributed by atoms with Gasteiger partial charge in [0.1, 0.15) is 0 Å². The number of hydrogen-bond donors (Lipinski definition) is 2. The van der Waals surface area contributed by atoms with E-state index in [0.717, 1.165) is 0 Å². The lowest BCUT2D eigenvalue weighted by atomic mass is 10.0. The molecular formula is C12H10N4O. The molecule has 0 saturated heterocycles. The third kappa shape index (κ3) is 2.07. The second-order valence-corrected chi connectivity index (χ2v) is 3.38. The Morgan fingerprint density at radius 1 is 1.06 bits per heavy atom. The summed E-state index contributed by atoms with van der Waals surface area (Å²) in [5.41, 5.74) is -1.06. The van der Waals surface area contributed by atoms with Crippen LogP contribution in [0.25, 0.3) is 0 Å². The summed E-state index contributed by atoms with van der Waals surface area (Å²) in [6, 6.07) is 10.2. The second kappa shape index (κ2) is 4.60. The van der Waals surface area contributed by atoms with Gasteiger partial charge in [0.15, 0.2) is 6.19 Å². The minimum absolute atomic E-state index is 0.320. The van der Waals surface area contributed by atoms with Crippen LogP contribution in [0, 0.1) is 11.5 Å². The molecule has 0 aliphatic heterocycles. The molecule has 0 unspecified atom stereocenters. The third-order valence-corrected chi connectivity index (χ3v) is 2.31. The van der Waals surface area contributed by atoms with Gasteiger partial charge >= 0.3 is 0 Å². The van der Waals surface area contributed by atoms with Crippen LogP contribution >= 0.6 is 0 Å². The Morgan fingerprint density at radius 3 is 1.94 bits per heavy atom. The van der Waals surface area contributed by atoms with Crippen LogP contribution in [0.4, 0.5) is 0 Å². The van der Waals surface area contributed by atoms with Crippen molar-refractivity contribution in [3.63, 3.8) is 0 Å². The first-order valence-corrected chi connectivity index (χ1v) is 4.99. The highest BCUT2D eigenvalue weighted by Gasteiger charge is 2.34. The van der Waals surface area contributed by atoms with Gasteiger partial charge in [0.2, 0.25) is 5.72 Å². The molecule has 2 rings (SSSR count). The van der Waals surface area contributed by atoms with Crippen LogP contribution in [-0.4, -0.2) is 15.1 Å². The quantitative estimate of drug-likeness (QED) is 0.458. The van der Waals surface area contributed by atoms with E-state index < -0.39 is 5.72 Å². The van der Waals surface area contributed by atoms with Gasteiger partial charge in [-0.25, -0.2) is 0 Å². The van der Waals surface area contributed by atoms with Gasteiger partial charge in [-0.05, 0) is 24.3 Å². The Hall–Kier alpha value is -2.45. The number of nitrogens with one attached hydrogen (secondary N) is 1. The number of nitrogens with zero attached hydrogens (tertiary/aromatic N) is 3. The summed E-state index contributed by atoms with van der Waals surface area (Å²) in [4.78, 5) is 8.08. The van der Waals surface area contributed by atoms with Crippen LogP contribution in [0.3, 0.4) is 0 Å². The van der Waals surface area contributed by atoms with Crippen molar-refractivity contribution in [1.82, 2.24) is 15.3 Å². The minimum atomic E-state index is -1.70. The van der Waals surface area contributed by atoms with E-state index in [1.807, 2.05) is 0 Å². The maximum absolute atomic E-state index is 10.5. The SMILES string of the molecule is N#CNC(O)(c1ccccn1)c1ccccn1. The van der Waals surface area contributed by atoms with E-state index in [-0.39, 0.29) is 0 Å². The maximum Gasteiger partial charge on any atom is 0.231 e. The van der Waals surface area contributed by atoms with E-state index in [4.69, 9.17) is 5.26 Å². The molecule has 0 aliphatic rings. The lowest BCUT2D eigenvalue weighted by molar-refractivity contribution is 0.0516. The third-order valence-electron chi connectivity index (χ3n) is 2.31. The van der Waals surface area contributed by atoms with Gasteiger partial charge in [-0.2, -0.15) is 5.26 Å². The molecule has 0 amide bonds. The molecule has 0 aromatic carbocycles. The van der Waals surface area contributed by atoms with Crippen molar-refractivity contribution in [3.8, 4) is 6.19 Å². The molecule has 0 radical (unpaired) electrons. The molecule has 0 aliphatic carbocycles. The zero-order chi connectivity index (χ0) is 12.1. The van der Waals surface area contributed by atoms with E-state index in [2.05, 4.69) is 15.3 Å². The van der Waals surface area contributed by atoms with E-state index in [0.29, 0.717) is 11.4 Å². The predicted molar refractivity (Wildman–Crippen MR) is 60.2 cm³/mol. The highest BCUT2D eigenvalue weighted by molar-refractivity contribution is 5.26. The molecule has 2 heterocycles. The standard InChI is InChI=1S/C12H10N4O/c13-9-16-12(17,10-5-1-3-7-14-10)11-6-2-4-8-15-11/h1-8,16-17H. The van der Waals surface area contributed by atoms with Crippen LogP contribution in [0.2, 0.25) is 0 Å². The lowest BCUT2D eigenvalue weighted by Gasteiger charge is -2.24. The molecule has 2 aromatic rings. The van der Waals surface area contributed by atoms with Crippen LogP contribution in [0.5, 0.6) is 0 Å². The number of pyridine rings is 2. The molecule has 84 valence electrons. The summed E-state index contributed by atoms with van der Waals surface area (Å²) in [7, 11) is 0. The summed E-state index contributed by atoms with van der Waals surface area (Å²) < 4.78 is 0. The Morgan fingerprint density at radius 2 is 1.59 bits per heavy atom. The van der Waals surface area contributed by atoms with Crippen LogP contribution in [0.15, 0.2) is 48.8 Å². The monoisotopic (exact) mass is 226 g/mol. The lowest BCUT2D eigenvalue weighted by Crippen LogP contribution is -2.42. The average Bonchev–Trinajstić information content (AvgIpc) is 2.41. The Kier molecular flexibility index (Phi) is 2.99. The first-order valence-electron chi connectivity index (χ1n) is 4.99. The summed E-state index contributed by atoms with van der Waals surface area (Å²) >= 11 is 0. The molecule has 0 fully saturated rings. The van der Waals surface area contributed by atoms with E-state index >= 15 is 0 Å². The van der Waals surface area contributed by atoms with E-state index in [1.54, 1.807) is 55.0 Å². The number of hydrogen-bond acceptors (Lipinski definition) is 5. The Balaban J connectivity index is 2.52. The van der Waals surface area contributed by atoms with Crippen LogP contribution in [-0.2, 0) is 5.72 Å². The van der Waals surface area contributed by atoms with Gasteiger partial charge in [0.05, 0.1) is 11.4 Å². The molecule has 5 heteroatoms. The van der Waals surface area contributed by atoms with Gasteiger partial charge in [0, 0.05) is 12.4 Å². The smallest absolute Gasteiger partial charge is 0.231 e. The van der Waals surface area contributed by atoms with Gasteiger partial charge in [-0.1, -0.05) is 12.1 Å². The molecular weight excluding hydrogens is 216 g/mol. The van der Waals surface area contributed by atoms with E-state index in [9.17, 15) is 5.11 Å². The zero-order valence-electron chi connectivity index (χ0n) is 8.91. The van der Waals surface area contributed by atoms with Crippen molar-refractivity contribution in [2.45, 2.75) is 5.72 Å². The molecule has 17 heavy (non-hydrogen) atoms. The fourth-order valence-electron chi connectivity index (χ4n) is 1.49. The number of nitriles is 1. The predicted octanol–water partition coefficient (Wildman–Crippen LogP) is 0.741. The van der Waals surface area contributed by atoms with Gasteiger partial charge in [-0.15, -0.1) is 0 Å². The van der Waals surface area contributed by atoms with E-state index in [1.165, 1.54) is 0 Å². The summed E-state index contributed by atoms with van der Waals surface area (Å²) in [5, 5.41) is 21.6. The first-order chi connectivity index (χ1) is 8.27. The summed E-state index contributed by atoms with van der Waals surface area (Å²) in [5.74, 6) is 0.